The summed E-state index contributed by atoms with van der Waals surface area (Å²) in [5.74, 6) is 0.0908. The molecule has 0 spiro atoms. The first-order valence-corrected chi connectivity index (χ1v) is 4.34. The van der Waals surface area contributed by atoms with Crippen LogP contribution in [0.15, 0.2) is 30.9 Å². The molecule has 2 aromatic heterocycles. The van der Waals surface area contributed by atoms with Gasteiger partial charge < -0.3 is 5.73 Å². The van der Waals surface area contributed by atoms with Crippen molar-refractivity contribution in [3.8, 4) is 11.3 Å². The van der Waals surface area contributed by atoms with Crippen LogP contribution in [0.1, 0.15) is 0 Å². The van der Waals surface area contributed by atoms with E-state index in [9.17, 15) is 10.1 Å². The molecular formula is C9H7N5O2. The summed E-state index contributed by atoms with van der Waals surface area (Å²) in [6.07, 6.45) is 4.39. The fourth-order valence-corrected chi connectivity index (χ4v) is 1.22. The summed E-state index contributed by atoms with van der Waals surface area (Å²) in [5, 5.41) is 10.6. The van der Waals surface area contributed by atoms with Crippen LogP contribution in [-0.4, -0.2) is 19.9 Å². The summed E-state index contributed by atoms with van der Waals surface area (Å²) >= 11 is 0. The van der Waals surface area contributed by atoms with Gasteiger partial charge in [0.15, 0.2) is 0 Å². The molecule has 0 atom stereocenters. The lowest BCUT2D eigenvalue weighted by molar-refractivity contribution is -0.384. The van der Waals surface area contributed by atoms with Crippen molar-refractivity contribution in [3.05, 3.63) is 41.0 Å². The molecule has 2 N–H and O–H groups in total. The maximum atomic E-state index is 10.6. The minimum absolute atomic E-state index is 0.0908. The number of nitrogen functional groups attached to an aromatic ring is 1. The van der Waals surface area contributed by atoms with E-state index in [0.717, 1.165) is 0 Å². The minimum atomic E-state index is -0.522. The number of hydrogen-bond donors (Lipinski definition) is 1. The highest BCUT2D eigenvalue weighted by Crippen LogP contribution is 2.22. The van der Waals surface area contributed by atoms with Crippen LogP contribution in [0.2, 0.25) is 0 Å². The molecule has 0 fully saturated rings. The second kappa shape index (κ2) is 3.89. The van der Waals surface area contributed by atoms with E-state index in [1.54, 1.807) is 0 Å². The predicted molar refractivity (Wildman–Crippen MR) is 56.3 cm³/mol. The molecule has 2 heterocycles. The molecular weight excluding hydrogens is 210 g/mol. The first-order valence-electron chi connectivity index (χ1n) is 4.34. The molecule has 0 bridgehead atoms. The topological polar surface area (TPSA) is 108 Å². The molecule has 0 aliphatic carbocycles. The molecule has 0 aliphatic heterocycles. The minimum Gasteiger partial charge on any atom is -0.383 e. The average molecular weight is 217 g/mol. The third kappa shape index (κ3) is 1.92. The maximum absolute atomic E-state index is 10.6. The summed E-state index contributed by atoms with van der Waals surface area (Å²) in [6.45, 7) is 0. The van der Waals surface area contributed by atoms with Gasteiger partial charge in [0.2, 0.25) is 0 Å². The summed E-state index contributed by atoms with van der Waals surface area (Å²) in [7, 11) is 0. The fraction of sp³-hybridized carbons (Fsp3) is 0. The lowest BCUT2D eigenvalue weighted by Crippen LogP contribution is -1.97. The van der Waals surface area contributed by atoms with E-state index in [2.05, 4.69) is 15.0 Å². The molecule has 0 saturated heterocycles. The maximum Gasteiger partial charge on any atom is 0.275 e. The monoisotopic (exact) mass is 217 g/mol. The first kappa shape index (κ1) is 9.97. The van der Waals surface area contributed by atoms with Crippen molar-refractivity contribution < 1.29 is 4.92 Å². The molecule has 0 aliphatic rings. The Balaban J connectivity index is 2.54. The van der Waals surface area contributed by atoms with Crippen molar-refractivity contribution in [2.45, 2.75) is 0 Å². The zero-order valence-electron chi connectivity index (χ0n) is 8.07. The number of nitrogens with two attached hydrogens (primary N) is 1. The standard InChI is InChI=1S/C9H7N5O2/c10-9-2-7(14(15)16)1-8(13-9)6-3-11-5-12-4-6/h1-5H,(H2,10,13). The number of nitrogens with zero attached hydrogens (tertiary/aromatic N) is 4. The van der Waals surface area contributed by atoms with Crippen LogP contribution in [0.3, 0.4) is 0 Å². The van der Waals surface area contributed by atoms with E-state index in [1.807, 2.05) is 0 Å². The molecule has 2 rings (SSSR count). The molecule has 0 amide bonds. The van der Waals surface area contributed by atoms with Crippen LogP contribution in [0.4, 0.5) is 11.5 Å². The van der Waals surface area contributed by atoms with E-state index in [-0.39, 0.29) is 11.5 Å². The number of anilines is 1. The number of rotatable bonds is 2. The van der Waals surface area contributed by atoms with Gasteiger partial charge in [0.25, 0.3) is 5.69 Å². The van der Waals surface area contributed by atoms with Gasteiger partial charge in [-0.25, -0.2) is 15.0 Å². The molecule has 16 heavy (non-hydrogen) atoms. The second-order valence-corrected chi connectivity index (χ2v) is 3.02. The zero-order chi connectivity index (χ0) is 11.5. The van der Waals surface area contributed by atoms with Crippen LogP contribution in [-0.2, 0) is 0 Å². The van der Waals surface area contributed by atoms with Gasteiger partial charge in [-0.2, -0.15) is 0 Å². The normalized spacial score (nSPS) is 10.0. The van der Waals surface area contributed by atoms with Crippen LogP contribution in [0, 0.1) is 10.1 Å². The van der Waals surface area contributed by atoms with Crippen LogP contribution < -0.4 is 5.73 Å². The highest BCUT2D eigenvalue weighted by Gasteiger charge is 2.11. The Morgan fingerprint density at radius 1 is 1.25 bits per heavy atom. The van der Waals surface area contributed by atoms with E-state index >= 15 is 0 Å². The Bertz CT molecular complexity index is 529. The highest BCUT2D eigenvalue weighted by molar-refractivity contribution is 5.62. The van der Waals surface area contributed by atoms with E-state index in [0.29, 0.717) is 11.3 Å². The third-order valence-corrected chi connectivity index (χ3v) is 1.90. The Labute approximate surface area is 90.1 Å². The van der Waals surface area contributed by atoms with Crippen molar-refractivity contribution in [1.29, 1.82) is 0 Å². The molecule has 0 radical (unpaired) electrons. The van der Waals surface area contributed by atoms with Crippen molar-refractivity contribution >= 4 is 11.5 Å². The molecule has 7 heteroatoms. The van der Waals surface area contributed by atoms with Crippen molar-refractivity contribution in [2.24, 2.45) is 0 Å². The fourth-order valence-electron chi connectivity index (χ4n) is 1.22. The quantitative estimate of drug-likeness (QED) is 0.594. The van der Waals surface area contributed by atoms with Gasteiger partial charge in [0.1, 0.15) is 12.1 Å². The lowest BCUT2D eigenvalue weighted by Gasteiger charge is -2.00. The van der Waals surface area contributed by atoms with Crippen molar-refractivity contribution in [1.82, 2.24) is 15.0 Å². The van der Waals surface area contributed by atoms with Crippen molar-refractivity contribution in [2.75, 3.05) is 5.73 Å². The zero-order valence-corrected chi connectivity index (χ0v) is 8.07. The van der Waals surface area contributed by atoms with Crippen LogP contribution >= 0.6 is 0 Å². The van der Waals surface area contributed by atoms with Gasteiger partial charge in [0.05, 0.1) is 16.7 Å². The van der Waals surface area contributed by atoms with Crippen LogP contribution in [0.25, 0.3) is 11.3 Å². The van der Waals surface area contributed by atoms with E-state index < -0.39 is 4.92 Å². The van der Waals surface area contributed by atoms with E-state index in [4.69, 9.17) is 5.73 Å². The van der Waals surface area contributed by atoms with Gasteiger partial charge in [-0.1, -0.05) is 0 Å². The smallest absolute Gasteiger partial charge is 0.275 e. The Morgan fingerprint density at radius 3 is 2.56 bits per heavy atom. The number of aromatic nitrogens is 3. The molecule has 80 valence electrons. The lowest BCUT2D eigenvalue weighted by atomic mass is 10.2. The van der Waals surface area contributed by atoms with Gasteiger partial charge in [-0.3, -0.25) is 10.1 Å². The molecule has 2 aromatic rings. The number of nitro groups is 1. The molecule has 0 saturated carbocycles. The molecule has 0 unspecified atom stereocenters. The largest absolute Gasteiger partial charge is 0.383 e. The Hall–Kier alpha value is -2.57. The summed E-state index contributed by atoms with van der Waals surface area (Å²) in [5.41, 5.74) is 6.34. The summed E-state index contributed by atoms with van der Waals surface area (Å²) in [6, 6.07) is 2.53. The Kier molecular flexibility index (Phi) is 2.42. The average Bonchev–Trinajstić information content (AvgIpc) is 2.29. The van der Waals surface area contributed by atoms with Crippen molar-refractivity contribution in [3.63, 3.8) is 0 Å². The molecule has 7 nitrogen and oxygen atoms in total. The van der Waals surface area contributed by atoms with E-state index in [1.165, 1.54) is 30.9 Å². The summed E-state index contributed by atoms with van der Waals surface area (Å²) < 4.78 is 0. The third-order valence-electron chi connectivity index (χ3n) is 1.90. The second-order valence-electron chi connectivity index (χ2n) is 3.02. The predicted octanol–water partition coefficient (Wildman–Crippen LogP) is 1.03. The molecule has 0 aromatic carbocycles. The first-order chi connectivity index (χ1) is 7.66. The van der Waals surface area contributed by atoms with Gasteiger partial charge in [-0.15, -0.1) is 0 Å². The van der Waals surface area contributed by atoms with Gasteiger partial charge >= 0.3 is 0 Å². The van der Waals surface area contributed by atoms with Gasteiger partial charge in [0, 0.05) is 24.0 Å². The summed E-state index contributed by atoms with van der Waals surface area (Å²) in [4.78, 5) is 21.7. The SMILES string of the molecule is Nc1cc([N+](=O)[O-])cc(-c2cncnc2)n1. The van der Waals surface area contributed by atoms with Crippen LogP contribution in [0.5, 0.6) is 0 Å². The highest BCUT2D eigenvalue weighted by atomic mass is 16.6. The van der Waals surface area contributed by atoms with Gasteiger partial charge in [-0.05, 0) is 0 Å². The Morgan fingerprint density at radius 2 is 1.94 bits per heavy atom. The number of hydrogen-bond acceptors (Lipinski definition) is 6. The number of pyridine rings is 1.